The molecular formula is C14H27NO. The van der Waals surface area contributed by atoms with Crippen LogP contribution in [0.2, 0.25) is 0 Å². The molecule has 2 heteroatoms. The topological polar surface area (TPSA) is 23.5 Å². The summed E-state index contributed by atoms with van der Waals surface area (Å²) in [6, 6.07) is 1.18. The first kappa shape index (κ1) is 12.4. The number of nitrogens with zero attached hydrogens (tertiary/aromatic N) is 1. The van der Waals surface area contributed by atoms with E-state index in [0.29, 0.717) is 6.04 Å². The molecule has 2 unspecified atom stereocenters. The molecular weight excluding hydrogens is 198 g/mol. The van der Waals surface area contributed by atoms with Gasteiger partial charge in [0.2, 0.25) is 0 Å². The van der Waals surface area contributed by atoms with Crippen molar-refractivity contribution < 1.29 is 5.11 Å². The first-order chi connectivity index (χ1) is 7.79. The fraction of sp³-hybridized carbons (Fsp3) is 1.00. The first-order valence-electron chi connectivity index (χ1n) is 7.19. The molecule has 0 amide bonds. The predicted molar refractivity (Wildman–Crippen MR) is 67.5 cm³/mol. The summed E-state index contributed by atoms with van der Waals surface area (Å²) in [5, 5.41) is 10.1. The second kappa shape index (κ2) is 6.02. The molecule has 2 saturated carbocycles. The molecule has 0 aromatic rings. The number of aliphatic hydroxyl groups excluding tert-OH is 1. The predicted octanol–water partition coefficient (Wildman–Crippen LogP) is 2.94. The van der Waals surface area contributed by atoms with E-state index < -0.39 is 0 Å². The van der Waals surface area contributed by atoms with Gasteiger partial charge in [0.25, 0.3) is 0 Å². The van der Waals surface area contributed by atoms with Crippen LogP contribution in [0.5, 0.6) is 0 Å². The average molecular weight is 225 g/mol. The Balaban J connectivity index is 1.90. The van der Waals surface area contributed by atoms with Crippen LogP contribution < -0.4 is 0 Å². The Bertz CT molecular complexity index is 199. The Labute approximate surface area is 100 Å². The smallest absolute Gasteiger partial charge is 0.0695 e. The monoisotopic (exact) mass is 225 g/mol. The quantitative estimate of drug-likeness (QED) is 0.730. The van der Waals surface area contributed by atoms with Crippen LogP contribution in [0.15, 0.2) is 0 Å². The molecule has 2 fully saturated rings. The summed E-state index contributed by atoms with van der Waals surface area (Å²) in [4.78, 5) is 2.51. The van der Waals surface area contributed by atoms with E-state index in [9.17, 15) is 5.11 Å². The van der Waals surface area contributed by atoms with Gasteiger partial charge in [0, 0.05) is 12.1 Å². The second-order valence-corrected chi connectivity index (χ2v) is 5.73. The van der Waals surface area contributed by atoms with Crippen molar-refractivity contribution >= 4 is 0 Å². The van der Waals surface area contributed by atoms with Crippen LogP contribution in [-0.4, -0.2) is 35.2 Å². The normalized spacial score (nSPS) is 33.9. The average Bonchev–Trinajstić information content (AvgIpc) is 2.57. The molecule has 2 aliphatic rings. The van der Waals surface area contributed by atoms with E-state index in [-0.39, 0.29) is 6.10 Å². The maximum Gasteiger partial charge on any atom is 0.0695 e. The van der Waals surface area contributed by atoms with Gasteiger partial charge in [0.05, 0.1) is 6.10 Å². The first-order valence-corrected chi connectivity index (χ1v) is 7.19. The maximum absolute atomic E-state index is 10.1. The summed E-state index contributed by atoms with van der Waals surface area (Å²) >= 11 is 0. The van der Waals surface area contributed by atoms with Gasteiger partial charge >= 0.3 is 0 Å². The molecule has 1 N–H and O–H groups in total. The van der Waals surface area contributed by atoms with Crippen molar-refractivity contribution in [3.8, 4) is 0 Å². The third-order valence-corrected chi connectivity index (χ3v) is 4.62. The van der Waals surface area contributed by atoms with Gasteiger partial charge < -0.3 is 5.11 Å². The number of aliphatic hydroxyl groups is 1. The van der Waals surface area contributed by atoms with Crippen LogP contribution >= 0.6 is 0 Å². The molecule has 16 heavy (non-hydrogen) atoms. The van der Waals surface area contributed by atoms with Crippen LogP contribution in [0.3, 0.4) is 0 Å². The number of rotatable bonds is 2. The Morgan fingerprint density at radius 2 is 1.38 bits per heavy atom. The summed E-state index contributed by atoms with van der Waals surface area (Å²) in [5.41, 5.74) is 0. The summed E-state index contributed by atoms with van der Waals surface area (Å²) in [5.74, 6) is 0. The van der Waals surface area contributed by atoms with E-state index in [1.165, 1.54) is 57.8 Å². The zero-order valence-electron chi connectivity index (χ0n) is 10.7. The highest BCUT2D eigenvalue weighted by Gasteiger charge is 2.30. The summed E-state index contributed by atoms with van der Waals surface area (Å²) in [6.07, 6.45) is 13.0. The minimum atomic E-state index is -0.0676. The highest BCUT2D eigenvalue weighted by atomic mass is 16.3. The number of hydrogen-bond acceptors (Lipinski definition) is 2. The molecule has 94 valence electrons. The number of likely N-dealkylation sites (N-methyl/N-ethyl adjacent to an activating group) is 1. The maximum atomic E-state index is 10.1. The lowest BCUT2D eigenvalue weighted by Crippen LogP contribution is -2.48. The van der Waals surface area contributed by atoms with Crippen molar-refractivity contribution in [2.24, 2.45) is 0 Å². The summed E-state index contributed by atoms with van der Waals surface area (Å²) in [6.45, 7) is 0. The number of hydrogen-bond donors (Lipinski definition) is 1. The van der Waals surface area contributed by atoms with Gasteiger partial charge in [-0.1, -0.05) is 38.5 Å². The van der Waals surface area contributed by atoms with Crippen LogP contribution in [0.25, 0.3) is 0 Å². The van der Waals surface area contributed by atoms with Crippen molar-refractivity contribution in [3.05, 3.63) is 0 Å². The van der Waals surface area contributed by atoms with Crippen molar-refractivity contribution in [2.45, 2.75) is 82.4 Å². The van der Waals surface area contributed by atoms with Crippen molar-refractivity contribution in [1.82, 2.24) is 4.90 Å². The van der Waals surface area contributed by atoms with E-state index in [1.807, 2.05) is 0 Å². The van der Waals surface area contributed by atoms with Crippen LogP contribution in [0.4, 0.5) is 0 Å². The lowest BCUT2D eigenvalue weighted by molar-refractivity contribution is 0.00956. The third kappa shape index (κ3) is 2.98. The highest BCUT2D eigenvalue weighted by molar-refractivity contribution is 4.85. The second-order valence-electron chi connectivity index (χ2n) is 5.73. The molecule has 0 spiro atoms. The molecule has 2 atom stereocenters. The molecule has 0 bridgehead atoms. The van der Waals surface area contributed by atoms with Crippen LogP contribution in [0, 0.1) is 0 Å². The molecule has 0 aromatic heterocycles. The van der Waals surface area contributed by atoms with E-state index >= 15 is 0 Å². The molecule has 0 heterocycles. The van der Waals surface area contributed by atoms with Gasteiger partial charge in [-0.05, 0) is 32.7 Å². The van der Waals surface area contributed by atoms with E-state index in [2.05, 4.69) is 11.9 Å². The summed E-state index contributed by atoms with van der Waals surface area (Å²) < 4.78 is 0. The Hall–Kier alpha value is -0.0800. The van der Waals surface area contributed by atoms with Gasteiger partial charge in [-0.3, -0.25) is 4.90 Å². The van der Waals surface area contributed by atoms with E-state index in [1.54, 1.807) is 0 Å². The zero-order chi connectivity index (χ0) is 11.4. The van der Waals surface area contributed by atoms with Gasteiger partial charge in [0.1, 0.15) is 0 Å². The molecule has 0 saturated heterocycles. The minimum absolute atomic E-state index is 0.0676. The highest BCUT2D eigenvalue weighted by Crippen LogP contribution is 2.28. The lowest BCUT2D eigenvalue weighted by Gasteiger charge is -2.39. The SMILES string of the molecule is CN(C1CCCCCC1)C1CCCCC1O. The van der Waals surface area contributed by atoms with Crippen molar-refractivity contribution in [1.29, 1.82) is 0 Å². The third-order valence-electron chi connectivity index (χ3n) is 4.62. The standard InChI is InChI=1S/C14H27NO/c1-15(12-8-4-2-3-5-9-12)13-10-6-7-11-14(13)16/h12-14,16H,2-11H2,1H3. The zero-order valence-corrected chi connectivity index (χ0v) is 10.7. The Morgan fingerprint density at radius 3 is 2.00 bits per heavy atom. The van der Waals surface area contributed by atoms with E-state index in [0.717, 1.165) is 12.5 Å². The van der Waals surface area contributed by atoms with Gasteiger partial charge in [-0.15, -0.1) is 0 Å². The largest absolute Gasteiger partial charge is 0.391 e. The molecule has 2 rings (SSSR count). The molecule has 0 aromatic carbocycles. The van der Waals surface area contributed by atoms with Gasteiger partial charge in [0.15, 0.2) is 0 Å². The van der Waals surface area contributed by atoms with Gasteiger partial charge in [-0.25, -0.2) is 0 Å². The minimum Gasteiger partial charge on any atom is -0.391 e. The molecule has 2 nitrogen and oxygen atoms in total. The molecule has 0 aliphatic heterocycles. The molecule has 0 radical (unpaired) electrons. The Kier molecular flexibility index (Phi) is 4.66. The van der Waals surface area contributed by atoms with Crippen LogP contribution in [-0.2, 0) is 0 Å². The van der Waals surface area contributed by atoms with Crippen molar-refractivity contribution in [3.63, 3.8) is 0 Å². The van der Waals surface area contributed by atoms with E-state index in [4.69, 9.17) is 0 Å². The lowest BCUT2D eigenvalue weighted by atomic mass is 9.90. The molecule has 2 aliphatic carbocycles. The summed E-state index contributed by atoms with van der Waals surface area (Å²) in [7, 11) is 2.25. The fourth-order valence-corrected chi connectivity index (χ4v) is 3.50. The fourth-order valence-electron chi connectivity index (χ4n) is 3.50. The Morgan fingerprint density at radius 1 is 0.812 bits per heavy atom. The van der Waals surface area contributed by atoms with Crippen LogP contribution in [0.1, 0.15) is 64.2 Å². The van der Waals surface area contributed by atoms with Gasteiger partial charge in [-0.2, -0.15) is 0 Å². The van der Waals surface area contributed by atoms with Crippen molar-refractivity contribution in [2.75, 3.05) is 7.05 Å².